The maximum atomic E-state index is 10.1. The smallest absolute Gasteiger partial charge is 0.0543 e. The van der Waals surface area contributed by atoms with E-state index in [1.807, 2.05) is 0 Å². The molecule has 2 unspecified atom stereocenters. The molecule has 0 aliphatic heterocycles. The summed E-state index contributed by atoms with van der Waals surface area (Å²) in [4.78, 5) is 0. The molecule has 0 bridgehead atoms. The van der Waals surface area contributed by atoms with Crippen molar-refractivity contribution in [2.24, 2.45) is 28.6 Å². The van der Waals surface area contributed by atoms with E-state index < -0.39 is 0 Å². The van der Waals surface area contributed by atoms with Gasteiger partial charge in [-0.2, -0.15) is 0 Å². The van der Waals surface area contributed by atoms with Crippen molar-refractivity contribution >= 4 is 0 Å². The second-order valence-corrected chi connectivity index (χ2v) is 8.97. The van der Waals surface area contributed by atoms with Crippen molar-refractivity contribution in [3.05, 3.63) is 23.3 Å². The second kappa shape index (κ2) is 5.76. The van der Waals surface area contributed by atoms with E-state index in [-0.39, 0.29) is 13.5 Å². The molecule has 0 aromatic carbocycles. The van der Waals surface area contributed by atoms with Gasteiger partial charge < -0.3 is 5.11 Å². The number of aliphatic hydroxyl groups is 1. The predicted octanol–water partition coefficient (Wildman–Crippen LogP) is 5.89. The Balaban J connectivity index is 0.00000156. The molecule has 1 heteroatoms. The molecule has 0 spiro atoms. The monoisotopic (exact) mass is 316 g/mol. The maximum absolute atomic E-state index is 10.1. The Morgan fingerprint density at radius 3 is 2.65 bits per heavy atom. The van der Waals surface area contributed by atoms with Gasteiger partial charge in [0.05, 0.1) is 6.10 Å². The fraction of sp³-hybridized carbons (Fsp3) is 0.818. The minimum atomic E-state index is -0.0369. The summed E-state index contributed by atoms with van der Waals surface area (Å²) in [7, 11) is 0. The lowest BCUT2D eigenvalue weighted by atomic mass is 9.49. The van der Waals surface area contributed by atoms with E-state index in [0.717, 1.165) is 30.6 Å². The summed E-state index contributed by atoms with van der Waals surface area (Å²) in [5, 5.41) is 10.1. The van der Waals surface area contributed by atoms with Gasteiger partial charge in [-0.3, -0.25) is 0 Å². The van der Waals surface area contributed by atoms with Gasteiger partial charge in [0.15, 0.2) is 0 Å². The first-order chi connectivity index (χ1) is 10.5. The molecule has 1 N–H and O–H groups in total. The van der Waals surface area contributed by atoms with Crippen molar-refractivity contribution < 1.29 is 5.11 Å². The highest BCUT2D eigenvalue weighted by Gasteiger charge is 2.55. The van der Waals surface area contributed by atoms with Gasteiger partial charge in [0.2, 0.25) is 0 Å². The van der Waals surface area contributed by atoms with Crippen LogP contribution in [0.15, 0.2) is 23.3 Å². The Kier molecular flexibility index (Phi) is 4.32. The summed E-state index contributed by atoms with van der Waals surface area (Å²) < 4.78 is 0. The third kappa shape index (κ3) is 2.29. The molecule has 0 heterocycles. The Bertz CT molecular complexity index is 530. The highest BCUT2D eigenvalue weighted by Crippen LogP contribution is 2.65. The van der Waals surface area contributed by atoms with Crippen LogP contribution < -0.4 is 0 Å². The molecule has 3 fully saturated rings. The number of hydrogen-bond acceptors (Lipinski definition) is 1. The molecular weight excluding hydrogens is 280 g/mol. The average molecular weight is 317 g/mol. The molecule has 0 saturated heterocycles. The molecule has 0 aromatic heterocycles. The zero-order valence-electron chi connectivity index (χ0n) is 14.6. The van der Waals surface area contributed by atoms with Crippen LogP contribution in [0.5, 0.6) is 0 Å². The molecule has 4 aliphatic carbocycles. The first kappa shape index (κ1) is 17.3. The Morgan fingerprint density at radius 1 is 1.13 bits per heavy atom. The molecule has 130 valence electrons. The summed E-state index contributed by atoms with van der Waals surface area (Å²) in [6.07, 6.45) is 15.0. The second-order valence-electron chi connectivity index (χ2n) is 8.97. The maximum Gasteiger partial charge on any atom is 0.0543 e. The fourth-order valence-corrected chi connectivity index (χ4v) is 6.83. The number of allylic oxidation sites excluding steroid dienone is 4. The van der Waals surface area contributed by atoms with Crippen LogP contribution >= 0.6 is 0 Å². The number of rotatable bonds is 0. The van der Waals surface area contributed by atoms with Crippen LogP contribution in [0.1, 0.15) is 79.6 Å². The topological polar surface area (TPSA) is 20.2 Å². The third-order valence-corrected chi connectivity index (χ3v) is 8.20. The van der Waals surface area contributed by atoms with Gasteiger partial charge in [0, 0.05) is 0 Å². The van der Waals surface area contributed by atoms with Gasteiger partial charge in [-0.05, 0) is 86.9 Å². The van der Waals surface area contributed by atoms with E-state index in [9.17, 15) is 5.11 Å². The molecular formula is C22H36O. The van der Waals surface area contributed by atoms with Gasteiger partial charge >= 0.3 is 0 Å². The quantitative estimate of drug-likeness (QED) is 0.552. The minimum absolute atomic E-state index is 0. The van der Waals surface area contributed by atoms with E-state index in [4.69, 9.17) is 0 Å². The van der Waals surface area contributed by atoms with Crippen LogP contribution in [0.25, 0.3) is 0 Å². The number of hydrogen-bond donors (Lipinski definition) is 1. The van der Waals surface area contributed by atoms with Crippen LogP contribution in [0.4, 0.5) is 0 Å². The molecule has 4 rings (SSSR count). The lowest BCUT2D eigenvalue weighted by molar-refractivity contribution is -0.00472. The van der Waals surface area contributed by atoms with Crippen molar-refractivity contribution in [1.29, 1.82) is 0 Å². The lowest BCUT2D eigenvalue weighted by Gasteiger charge is -2.56. The highest BCUT2D eigenvalue weighted by atomic mass is 16.3. The van der Waals surface area contributed by atoms with Crippen LogP contribution in [0.2, 0.25) is 0 Å². The Labute approximate surface area is 143 Å². The van der Waals surface area contributed by atoms with Crippen LogP contribution in [0, 0.1) is 28.6 Å². The Hall–Kier alpha value is -0.560. The van der Waals surface area contributed by atoms with Gasteiger partial charge in [0.1, 0.15) is 0 Å². The molecule has 6 atom stereocenters. The van der Waals surface area contributed by atoms with E-state index in [1.54, 1.807) is 11.1 Å². The van der Waals surface area contributed by atoms with Crippen molar-refractivity contribution in [2.45, 2.75) is 85.7 Å². The van der Waals surface area contributed by atoms with Gasteiger partial charge in [-0.1, -0.05) is 44.6 Å². The van der Waals surface area contributed by atoms with Crippen LogP contribution in [0.3, 0.4) is 0 Å². The summed E-state index contributed by atoms with van der Waals surface area (Å²) in [5.74, 6) is 2.43. The number of fused-ring (bicyclic) bond motifs is 5. The standard InChI is InChI=1S/C21H32O.CH4/c1-4-14-6-8-18-17-7-5-15-13-16(22)9-11-21(15,3)19(17)10-12-20(14,18)2;/h4,10,15-18,22H,5-9,11-13H2,1-3H3;1H4/b14-4-;/t15-,16-,17?,18?,20-,21+;/m1./s1. The lowest BCUT2D eigenvalue weighted by Crippen LogP contribution is -2.47. The fourth-order valence-electron chi connectivity index (χ4n) is 6.83. The third-order valence-electron chi connectivity index (χ3n) is 8.20. The first-order valence-corrected chi connectivity index (χ1v) is 9.53. The van der Waals surface area contributed by atoms with Crippen molar-refractivity contribution in [1.82, 2.24) is 0 Å². The predicted molar refractivity (Wildman–Crippen MR) is 98.2 cm³/mol. The molecule has 3 saturated carbocycles. The molecule has 0 aromatic rings. The summed E-state index contributed by atoms with van der Waals surface area (Å²) in [6.45, 7) is 7.30. The Morgan fingerprint density at radius 2 is 1.91 bits per heavy atom. The minimum Gasteiger partial charge on any atom is -0.393 e. The van der Waals surface area contributed by atoms with Crippen molar-refractivity contribution in [2.75, 3.05) is 0 Å². The summed E-state index contributed by atoms with van der Waals surface area (Å²) >= 11 is 0. The number of aliphatic hydroxyl groups excluding tert-OH is 1. The van der Waals surface area contributed by atoms with E-state index in [0.29, 0.717) is 10.8 Å². The highest BCUT2D eigenvalue weighted by molar-refractivity contribution is 5.34. The molecule has 4 aliphatic rings. The molecule has 0 amide bonds. The molecule has 1 nitrogen and oxygen atoms in total. The zero-order valence-corrected chi connectivity index (χ0v) is 14.6. The largest absolute Gasteiger partial charge is 0.393 e. The molecule has 23 heavy (non-hydrogen) atoms. The SMILES string of the molecule is C.C/C=C1/CCC2C3CC[C@@H]4C[C@H](O)CC[C@]4(C)C3=CC[C@]12C. The van der Waals surface area contributed by atoms with Gasteiger partial charge in [-0.25, -0.2) is 0 Å². The molecule has 0 radical (unpaired) electrons. The van der Waals surface area contributed by atoms with Crippen LogP contribution in [-0.4, -0.2) is 11.2 Å². The van der Waals surface area contributed by atoms with E-state index >= 15 is 0 Å². The van der Waals surface area contributed by atoms with Crippen molar-refractivity contribution in [3.63, 3.8) is 0 Å². The van der Waals surface area contributed by atoms with Gasteiger partial charge in [0.25, 0.3) is 0 Å². The normalized spacial score (nSPS) is 50.4. The summed E-state index contributed by atoms with van der Waals surface area (Å²) in [5.41, 5.74) is 4.36. The van der Waals surface area contributed by atoms with Crippen molar-refractivity contribution in [3.8, 4) is 0 Å². The van der Waals surface area contributed by atoms with E-state index in [2.05, 4.69) is 32.9 Å². The van der Waals surface area contributed by atoms with E-state index in [1.165, 1.54) is 38.5 Å². The van der Waals surface area contributed by atoms with Crippen LogP contribution in [-0.2, 0) is 0 Å². The summed E-state index contributed by atoms with van der Waals surface area (Å²) in [6, 6.07) is 0. The zero-order chi connectivity index (χ0) is 15.5. The van der Waals surface area contributed by atoms with Gasteiger partial charge in [-0.15, -0.1) is 0 Å². The average Bonchev–Trinajstić information content (AvgIpc) is 2.84. The first-order valence-electron chi connectivity index (χ1n) is 9.53.